The third-order valence-corrected chi connectivity index (χ3v) is 9.26. The van der Waals surface area contributed by atoms with Crippen LogP contribution in [-0.4, -0.2) is 39.4 Å². The highest BCUT2D eigenvalue weighted by Gasteiger charge is 2.81. The quantitative estimate of drug-likeness (QED) is 0.245. The van der Waals surface area contributed by atoms with Gasteiger partial charge in [-0.15, -0.1) is 11.8 Å². The Bertz CT molecular complexity index is 1490. The number of rotatable bonds is 2. The van der Waals surface area contributed by atoms with E-state index in [1.807, 2.05) is 43.3 Å². The fraction of sp³-hybridized carbons (Fsp3) is 0.259. The van der Waals surface area contributed by atoms with Gasteiger partial charge in [0.05, 0.1) is 4.92 Å². The highest BCUT2D eigenvalue weighted by molar-refractivity contribution is 7.99. The Balaban J connectivity index is 1.63. The summed E-state index contributed by atoms with van der Waals surface area (Å²) in [5.74, 6) is 0.408. The number of carbonyl (C=O) groups is 2. The fourth-order valence-electron chi connectivity index (χ4n) is 6.94. The number of thioether (sulfide) groups is 1. The van der Waals surface area contributed by atoms with E-state index in [1.54, 1.807) is 30.0 Å². The molecule has 4 heterocycles. The van der Waals surface area contributed by atoms with Crippen LogP contribution in [-0.2, 0) is 20.5 Å². The monoisotopic (exact) mass is 499 g/mol. The molecule has 0 aromatic heterocycles. The number of hydrogen-bond donors (Lipinski definition) is 1. The van der Waals surface area contributed by atoms with Crippen LogP contribution in [0.1, 0.15) is 28.2 Å². The van der Waals surface area contributed by atoms with Crippen molar-refractivity contribution in [1.82, 2.24) is 4.90 Å². The van der Waals surface area contributed by atoms with E-state index in [4.69, 9.17) is 4.74 Å². The normalized spacial score (nSPS) is 29.8. The Kier molecular flexibility index (Phi) is 4.30. The second-order valence-electron chi connectivity index (χ2n) is 9.77. The molecule has 2 saturated heterocycles. The molecule has 3 aromatic carbocycles. The summed E-state index contributed by atoms with van der Waals surface area (Å²) in [5.41, 5.74) is 0.579. The van der Waals surface area contributed by atoms with Crippen LogP contribution >= 0.6 is 11.8 Å². The van der Waals surface area contributed by atoms with E-state index in [9.17, 15) is 19.7 Å². The summed E-state index contributed by atoms with van der Waals surface area (Å²) < 4.78 is 5.93. The van der Waals surface area contributed by atoms with Gasteiger partial charge in [0.15, 0.2) is 5.54 Å². The highest BCUT2D eigenvalue weighted by Crippen LogP contribution is 2.70. The van der Waals surface area contributed by atoms with E-state index in [2.05, 4.69) is 10.2 Å². The molecule has 2 fully saturated rings. The zero-order chi connectivity index (χ0) is 24.8. The Morgan fingerprint density at radius 2 is 1.86 bits per heavy atom. The lowest BCUT2D eigenvalue weighted by Gasteiger charge is -2.42. The molecular formula is C27H21N3O5S. The van der Waals surface area contributed by atoms with Crippen molar-refractivity contribution in [3.63, 3.8) is 0 Å². The summed E-state index contributed by atoms with van der Waals surface area (Å²) in [7, 11) is 0. The third kappa shape index (κ3) is 2.35. The molecule has 0 aliphatic carbocycles. The number of carbonyl (C=O) groups excluding carboxylic acids is 2. The Morgan fingerprint density at radius 1 is 1.08 bits per heavy atom. The second kappa shape index (κ2) is 7.18. The number of non-ortho nitro benzene ring substituents is 1. The summed E-state index contributed by atoms with van der Waals surface area (Å²) in [6, 6.07) is 19.6. The number of benzene rings is 3. The molecule has 2 spiro atoms. The van der Waals surface area contributed by atoms with Gasteiger partial charge in [0, 0.05) is 52.5 Å². The number of para-hydroxylation sites is 1. The molecule has 9 heteroatoms. The number of hydrogen-bond acceptors (Lipinski definition) is 7. The largest absolute Gasteiger partial charge is 0.425 e. The Hall–Kier alpha value is -3.69. The summed E-state index contributed by atoms with van der Waals surface area (Å²) in [4.78, 5) is 42.0. The van der Waals surface area contributed by atoms with E-state index in [0.717, 1.165) is 16.9 Å². The lowest BCUT2D eigenvalue weighted by molar-refractivity contribution is -0.385. The highest BCUT2D eigenvalue weighted by atomic mass is 32.2. The topological polar surface area (TPSA) is 102 Å². The molecule has 8 nitrogen and oxygen atoms in total. The number of aryl methyl sites for hydroxylation is 1. The van der Waals surface area contributed by atoms with Gasteiger partial charge in [0.2, 0.25) is 0 Å². The van der Waals surface area contributed by atoms with Gasteiger partial charge >= 0.3 is 5.97 Å². The van der Waals surface area contributed by atoms with Crippen molar-refractivity contribution in [3.05, 3.63) is 99.1 Å². The summed E-state index contributed by atoms with van der Waals surface area (Å²) in [6.45, 7) is 2.01. The van der Waals surface area contributed by atoms with Crippen molar-refractivity contribution in [3.8, 4) is 5.75 Å². The fourth-order valence-corrected chi connectivity index (χ4v) is 8.24. The number of amides is 1. The number of nitrogens with zero attached hydrogens (tertiary/aromatic N) is 2. The standard InChI is InChI=1S/C27H21N3O5S/c1-15-6-8-16(9-7-15)23-21-13-36-14-29(21)27(26(23)18-4-2-3-5-22(18)35-25(26)32)19-12-17(30(33)34)10-11-20(19)28-24(27)31/h2-12,21,23H,13-14H2,1H3,(H,28,31)/t21-,23-,26-,27-/m1/s1. The Labute approximate surface area is 210 Å². The number of ether oxygens (including phenoxy) is 1. The zero-order valence-electron chi connectivity index (χ0n) is 19.3. The van der Waals surface area contributed by atoms with Gasteiger partial charge in [-0.2, -0.15) is 0 Å². The van der Waals surface area contributed by atoms with Crippen LogP contribution < -0.4 is 10.1 Å². The number of nitro benzene ring substituents is 1. The summed E-state index contributed by atoms with van der Waals surface area (Å²) in [5, 5.41) is 14.8. The first-order chi connectivity index (χ1) is 17.4. The third-order valence-electron chi connectivity index (χ3n) is 8.23. The van der Waals surface area contributed by atoms with Gasteiger partial charge in [0.25, 0.3) is 11.6 Å². The molecule has 0 saturated carbocycles. The zero-order valence-corrected chi connectivity index (χ0v) is 20.1. The molecule has 180 valence electrons. The molecule has 0 bridgehead atoms. The number of anilines is 1. The number of nitrogens with one attached hydrogen (secondary N) is 1. The van der Waals surface area contributed by atoms with Crippen LogP contribution in [0.5, 0.6) is 5.75 Å². The van der Waals surface area contributed by atoms with Gasteiger partial charge in [-0.25, -0.2) is 0 Å². The molecule has 4 aliphatic rings. The molecule has 1 N–H and O–H groups in total. The first-order valence-corrected chi connectivity index (χ1v) is 12.9. The minimum Gasteiger partial charge on any atom is -0.425 e. The molecule has 4 aliphatic heterocycles. The molecule has 7 rings (SSSR count). The van der Waals surface area contributed by atoms with Gasteiger partial charge in [-0.3, -0.25) is 24.6 Å². The lowest BCUT2D eigenvalue weighted by Crippen LogP contribution is -2.61. The van der Waals surface area contributed by atoms with Crippen molar-refractivity contribution in [2.75, 3.05) is 16.9 Å². The van der Waals surface area contributed by atoms with Crippen LogP contribution in [0, 0.1) is 17.0 Å². The van der Waals surface area contributed by atoms with Gasteiger partial charge < -0.3 is 10.1 Å². The second-order valence-corrected chi connectivity index (χ2v) is 10.8. The molecule has 4 atom stereocenters. The van der Waals surface area contributed by atoms with Crippen molar-refractivity contribution < 1.29 is 19.2 Å². The lowest BCUT2D eigenvalue weighted by atomic mass is 9.57. The van der Waals surface area contributed by atoms with Crippen LogP contribution in [0.4, 0.5) is 11.4 Å². The number of nitro groups is 1. The Morgan fingerprint density at radius 3 is 2.64 bits per heavy atom. The minimum atomic E-state index is -1.50. The van der Waals surface area contributed by atoms with E-state index >= 15 is 0 Å². The number of esters is 1. The first-order valence-electron chi connectivity index (χ1n) is 11.7. The van der Waals surface area contributed by atoms with Crippen molar-refractivity contribution in [2.24, 2.45) is 0 Å². The predicted molar refractivity (Wildman–Crippen MR) is 134 cm³/mol. The van der Waals surface area contributed by atoms with Crippen molar-refractivity contribution >= 4 is 35.0 Å². The average Bonchev–Trinajstić information content (AvgIpc) is 3.58. The smallest absolute Gasteiger partial charge is 0.325 e. The van der Waals surface area contributed by atoms with Crippen LogP contribution in [0.25, 0.3) is 0 Å². The molecule has 1 amide bonds. The summed E-state index contributed by atoms with van der Waals surface area (Å²) >= 11 is 1.70. The molecule has 0 unspecified atom stereocenters. The molecule has 3 aromatic rings. The summed E-state index contributed by atoms with van der Waals surface area (Å²) in [6.07, 6.45) is 0. The van der Waals surface area contributed by atoms with Crippen LogP contribution in [0.3, 0.4) is 0 Å². The van der Waals surface area contributed by atoms with E-state index in [-0.39, 0.29) is 17.6 Å². The van der Waals surface area contributed by atoms with Gasteiger partial charge in [-0.05, 0) is 24.6 Å². The molecule has 36 heavy (non-hydrogen) atoms. The number of fused-ring (bicyclic) bond motifs is 7. The van der Waals surface area contributed by atoms with E-state index < -0.39 is 27.8 Å². The molecular weight excluding hydrogens is 478 g/mol. The van der Waals surface area contributed by atoms with Gasteiger partial charge in [-0.1, -0.05) is 48.0 Å². The predicted octanol–water partition coefficient (Wildman–Crippen LogP) is 4.08. The first kappa shape index (κ1) is 21.6. The SMILES string of the molecule is Cc1ccc([C@@H]2[C@H]3CSCN3[C@]3(C(=O)Nc4ccc([N+](=O)[O-])cc43)[C@@]23C(=O)Oc2ccccc23)cc1. The molecule has 0 radical (unpaired) electrons. The minimum absolute atomic E-state index is 0.124. The van der Waals surface area contributed by atoms with Crippen LogP contribution in [0.2, 0.25) is 0 Å². The van der Waals surface area contributed by atoms with Crippen LogP contribution in [0.15, 0.2) is 66.7 Å². The maximum absolute atomic E-state index is 14.3. The van der Waals surface area contributed by atoms with E-state index in [1.165, 1.54) is 12.1 Å². The van der Waals surface area contributed by atoms with Crippen molar-refractivity contribution in [2.45, 2.75) is 29.8 Å². The van der Waals surface area contributed by atoms with E-state index in [0.29, 0.717) is 28.4 Å². The maximum atomic E-state index is 14.3. The maximum Gasteiger partial charge on any atom is 0.325 e. The average molecular weight is 500 g/mol. The van der Waals surface area contributed by atoms with Gasteiger partial charge in [0.1, 0.15) is 11.2 Å². The van der Waals surface area contributed by atoms with Crippen molar-refractivity contribution in [1.29, 1.82) is 0 Å².